The standard InChI is InChI=1S/C6H10O3S2/c1-3-5(7)10-9-11-6(8)4-2/h3-8H,1-2H2. The zero-order valence-corrected chi connectivity index (χ0v) is 7.48. The monoisotopic (exact) mass is 194 g/mol. The summed E-state index contributed by atoms with van der Waals surface area (Å²) in [7, 11) is 0. The van der Waals surface area contributed by atoms with E-state index in [-0.39, 0.29) is 0 Å². The van der Waals surface area contributed by atoms with Crippen LogP contribution in [0.15, 0.2) is 25.3 Å². The third-order valence-corrected chi connectivity index (χ3v) is 2.09. The molecule has 0 heterocycles. The number of hydrogen-bond acceptors (Lipinski definition) is 5. The topological polar surface area (TPSA) is 49.7 Å². The first kappa shape index (κ1) is 11.1. The van der Waals surface area contributed by atoms with Gasteiger partial charge in [-0.15, -0.1) is 0 Å². The Hall–Kier alpha value is 0.0600. The Bertz CT molecular complexity index is 115. The molecule has 0 aromatic heterocycles. The van der Waals surface area contributed by atoms with Gasteiger partial charge in [0.2, 0.25) is 0 Å². The zero-order valence-electron chi connectivity index (χ0n) is 5.84. The fourth-order valence-corrected chi connectivity index (χ4v) is 1.16. The maximum atomic E-state index is 8.84. The van der Waals surface area contributed by atoms with Crippen molar-refractivity contribution in [3.05, 3.63) is 25.3 Å². The Morgan fingerprint density at radius 1 is 1.09 bits per heavy atom. The first-order valence-electron chi connectivity index (χ1n) is 2.80. The van der Waals surface area contributed by atoms with Crippen LogP contribution in [0.1, 0.15) is 0 Å². The molecule has 0 saturated heterocycles. The third-order valence-electron chi connectivity index (χ3n) is 0.679. The predicted molar refractivity (Wildman–Crippen MR) is 48.7 cm³/mol. The molecule has 0 bridgehead atoms. The summed E-state index contributed by atoms with van der Waals surface area (Å²) in [6, 6.07) is 0. The Kier molecular flexibility index (Phi) is 6.79. The molecule has 2 N–H and O–H groups in total. The van der Waals surface area contributed by atoms with E-state index in [2.05, 4.69) is 13.2 Å². The maximum Gasteiger partial charge on any atom is 0.144 e. The molecular weight excluding hydrogens is 184 g/mol. The molecule has 2 unspecified atom stereocenters. The van der Waals surface area contributed by atoms with Crippen LogP contribution in [0.3, 0.4) is 0 Å². The minimum atomic E-state index is -0.764. The molecule has 11 heavy (non-hydrogen) atoms. The molecule has 0 amide bonds. The number of aliphatic hydroxyl groups excluding tert-OH is 2. The molecule has 0 radical (unpaired) electrons. The van der Waals surface area contributed by atoms with E-state index in [1.165, 1.54) is 12.2 Å². The lowest BCUT2D eigenvalue weighted by molar-refractivity contribution is 0.297. The average Bonchev–Trinajstić information content (AvgIpc) is 2.04. The van der Waals surface area contributed by atoms with Gasteiger partial charge in [-0.05, 0) is 0 Å². The summed E-state index contributed by atoms with van der Waals surface area (Å²) in [5.41, 5.74) is -1.53. The molecule has 0 aliphatic heterocycles. The van der Waals surface area contributed by atoms with Gasteiger partial charge in [-0.3, -0.25) is 0 Å². The van der Waals surface area contributed by atoms with E-state index in [1.54, 1.807) is 0 Å². The van der Waals surface area contributed by atoms with Crippen molar-refractivity contribution in [1.29, 1.82) is 0 Å². The van der Waals surface area contributed by atoms with Crippen molar-refractivity contribution in [2.24, 2.45) is 0 Å². The van der Waals surface area contributed by atoms with Crippen molar-refractivity contribution < 1.29 is 13.8 Å². The SMILES string of the molecule is C=CC(O)SOSC(O)C=C. The summed E-state index contributed by atoms with van der Waals surface area (Å²) in [6.07, 6.45) is 2.65. The highest BCUT2D eigenvalue weighted by atomic mass is 32.2. The molecule has 0 aliphatic carbocycles. The Morgan fingerprint density at radius 3 is 1.73 bits per heavy atom. The van der Waals surface area contributed by atoms with E-state index in [4.69, 9.17) is 13.8 Å². The quantitative estimate of drug-likeness (QED) is 0.379. The van der Waals surface area contributed by atoms with Gasteiger partial charge in [-0.25, -0.2) is 3.63 Å². The van der Waals surface area contributed by atoms with E-state index in [9.17, 15) is 0 Å². The first-order valence-corrected chi connectivity index (χ1v) is 4.41. The number of aliphatic hydroxyl groups is 2. The van der Waals surface area contributed by atoms with Crippen LogP contribution in [0, 0.1) is 0 Å². The maximum absolute atomic E-state index is 8.84. The van der Waals surface area contributed by atoms with Crippen molar-refractivity contribution >= 4 is 24.1 Å². The Labute approximate surface area is 74.6 Å². The molecule has 0 aromatic rings. The van der Waals surface area contributed by atoms with Crippen LogP contribution in [0.2, 0.25) is 0 Å². The molecular formula is C6H10O3S2. The molecule has 0 aromatic carbocycles. The van der Waals surface area contributed by atoms with Crippen molar-refractivity contribution in [2.75, 3.05) is 0 Å². The van der Waals surface area contributed by atoms with E-state index in [1.807, 2.05) is 0 Å². The minimum absolute atomic E-state index is 0.764. The van der Waals surface area contributed by atoms with Gasteiger partial charge in [-0.1, -0.05) is 25.3 Å². The number of hydrogen-bond donors (Lipinski definition) is 2. The molecule has 0 fully saturated rings. The van der Waals surface area contributed by atoms with Crippen LogP contribution in [0.25, 0.3) is 0 Å². The van der Waals surface area contributed by atoms with E-state index < -0.39 is 10.9 Å². The lowest BCUT2D eigenvalue weighted by Crippen LogP contribution is -1.97. The van der Waals surface area contributed by atoms with Crippen LogP contribution in [-0.2, 0) is 3.63 Å². The molecule has 0 aliphatic rings. The second kappa shape index (κ2) is 6.75. The van der Waals surface area contributed by atoms with Gasteiger partial charge in [0, 0.05) is 24.1 Å². The molecule has 0 rings (SSSR count). The van der Waals surface area contributed by atoms with Crippen LogP contribution in [-0.4, -0.2) is 21.1 Å². The fraction of sp³-hybridized carbons (Fsp3) is 0.333. The predicted octanol–water partition coefficient (Wildman–Crippen LogP) is 1.31. The fourth-order valence-electron chi connectivity index (χ4n) is 0.182. The summed E-state index contributed by atoms with van der Waals surface area (Å²) < 4.78 is 4.73. The summed E-state index contributed by atoms with van der Waals surface area (Å²) in [4.78, 5) is 0. The highest BCUT2D eigenvalue weighted by Gasteiger charge is 2.03. The lowest BCUT2D eigenvalue weighted by atomic mass is 10.7. The summed E-state index contributed by atoms with van der Waals surface area (Å²) in [5, 5.41) is 17.7. The van der Waals surface area contributed by atoms with E-state index >= 15 is 0 Å². The van der Waals surface area contributed by atoms with Gasteiger partial charge in [0.15, 0.2) is 0 Å². The zero-order chi connectivity index (χ0) is 8.69. The Balaban J connectivity index is 3.26. The second-order valence-electron chi connectivity index (χ2n) is 1.51. The molecule has 2 atom stereocenters. The molecule has 5 heteroatoms. The van der Waals surface area contributed by atoms with Gasteiger partial charge in [-0.2, -0.15) is 0 Å². The molecule has 3 nitrogen and oxygen atoms in total. The van der Waals surface area contributed by atoms with E-state index in [0.29, 0.717) is 0 Å². The van der Waals surface area contributed by atoms with Crippen LogP contribution in [0.4, 0.5) is 0 Å². The molecule has 0 saturated carbocycles. The highest BCUT2D eigenvalue weighted by Crippen LogP contribution is 2.21. The summed E-state index contributed by atoms with van der Waals surface area (Å²) in [6.45, 7) is 6.67. The number of rotatable bonds is 6. The van der Waals surface area contributed by atoms with Crippen molar-refractivity contribution in [3.63, 3.8) is 0 Å². The van der Waals surface area contributed by atoms with Gasteiger partial charge < -0.3 is 10.2 Å². The smallest absolute Gasteiger partial charge is 0.144 e. The minimum Gasteiger partial charge on any atom is -0.376 e. The van der Waals surface area contributed by atoms with Crippen LogP contribution in [0.5, 0.6) is 0 Å². The van der Waals surface area contributed by atoms with Crippen molar-refractivity contribution in [3.8, 4) is 0 Å². The van der Waals surface area contributed by atoms with Gasteiger partial charge in [0.1, 0.15) is 10.9 Å². The van der Waals surface area contributed by atoms with Gasteiger partial charge in [0.25, 0.3) is 0 Å². The first-order chi connectivity index (χ1) is 5.20. The van der Waals surface area contributed by atoms with E-state index in [0.717, 1.165) is 24.1 Å². The normalized spacial score (nSPS) is 15.5. The largest absolute Gasteiger partial charge is 0.376 e. The van der Waals surface area contributed by atoms with Gasteiger partial charge in [0.05, 0.1) is 0 Å². The molecule has 64 valence electrons. The van der Waals surface area contributed by atoms with Gasteiger partial charge >= 0.3 is 0 Å². The molecule has 0 spiro atoms. The summed E-state index contributed by atoms with van der Waals surface area (Å²) in [5.74, 6) is 0. The summed E-state index contributed by atoms with van der Waals surface area (Å²) >= 11 is 1.63. The lowest BCUT2D eigenvalue weighted by Gasteiger charge is -2.05. The third kappa shape index (κ3) is 6.46. The Morgan fingerprint density at radius 2 is 1.45 bits per heavy atom. The van der Waals surface area contributed by atoms with Crippen LogP contribution >= 0.6 is 24.1 Å². The van der Waals surface area contributed by atoms with Crippen molar-refractivity contribution in [1.82, 2.24) is 0 Å². The van der Waals surface area contributed by atoms with Crippen molar-refractivity contribution in [2.45, 2.75) is 10.9 Å². The average molecular weight is 194 g/mol. The highest BCUT2D eigenvalue weighted by molar-refractivity contribution is 8.08. The second-order valence-corrected chi connectivity index (χ2v) is 3.41. The van der Waals surface area contributed by atoms with Crippen LogP contribution < -0.4 is 0 Å².